The maximum absolute atomic E-state index is 9.40. The van der Waals surface area contributed by atoms with Gasteiger partial charge in [-0.05, 0) is 19.3 Å². The molecule has 3 nitrogen and oxygen atoms in total. The van der Waals surface area contributed by atoms with Crippen LogP contribution in [-0.4, -0.2) is 35.6 Å². The summed E-state index contributed by atoms with van der Waals surface area (Å²) in [4.78, 5) is 0. The maximum Gasteiger partial charge on any atom is 0.0871 e. The second-order valence-corrected chi connectivity index (χ2v) is 4.20. The minimum atomic E-state index is -0.988. The van der Waals surface area contributed by atoms with Gasteiger partial charge >= 0.3 is 0 Å². The van der Waals surface area contributed by atoms with E-state index in [0.29, 0.717) is 18.9 Å². The third kappa shape index (κ3) is 8.22. The van der Waals surface area contributed by atoms with E-state index in [4.69, 9.17) is 9.84 Å². The predicted octanol–water partition coefficient (Wildman–Crippen LogP) is 1.18. The van der Waals surface area contributed by atoms with E-state index in [-0.39, 0.29) is 6.61 Å². The molecule has 0 bridgehead atoms. The molecule has 0 saturated carbocycles. The smallest absolute Gasteiger partial charge is 0.0871 e. The highest BCUT2D eigenvalue weighted by Crippen LogP contribution is 2.08. The number of aliphatic hydroxyl groups excluding tert-OH is 1. The molecule has 0 fully saturated rings. The second-order valence-electron chi connectivity index (χ2n) is 4.20. The fourth-order valence-corrected chi connectivity index (χ4v) is 0.792. The number of rotatable bonds is 7. The van der Waals surface area contributed by atoms with Crippen molar-refractivity contribution in [3.05, 3.63) is 0 Å². The zero-order chi connectivity index (χ0) is 10.3. The van der Waals surface area contributed by atoms with Crippen LogP contribution in [0.4, 0.5) is 0 Å². The third-order valence-electron chi connectivity index (χ3n) is 1.97. The van der Waals surface area contributed by atoms with Gasteiger partial charge in [0.25, 0.3) is 0 Å². The Labute approximate surface area is 80.7 Å². The molecule has 0 aliphatic heterocycles. The average Bonchev–Trinajstić information content (AvgIpc) is 2.03. The van der Waals surface area contributed by atoms with Crippen LogP contribution in [0.3, 0.4) is 0 Å². The first-order valence-corrected chi connectivity index (χ1v) is 4.89. The topological polar surface area (TPSA) is 49.7 Å². The molecule has 0 aromatic rings. The monoisotopic (exact) mass is 190 g/mol. The first-order chi connectivity index (χ1) is 5.98. The van der Waals surface area contributed by atoms with Gasteiger partial charge in [0.05, 0.1) is 12.2 Å². The number of hydrogen-bond acceptors (Lipinski definition) is 3. The lowest BCUT2D eigenvalue weighted by Gasteiger charge is -2.19. The Morgan fingerprint density at radius 2 is 1.92 bits per heavy atom. The van der Waals surface area contributed by atoms with E-state index in [1.807, 2.05) is 0 Å². The summed E-state index contributed by atoms with van der Waals surface area (Å²) in [5, 5.41) is 18.1. The summed E-state index contributed by atoms with van der Waals surface area (Å²) < 4.78 is 5.31. The molecule has 0 spiro atoms. The molecule has 1 unspecified atom stereocenters. The molecule has 80 valence electrons. The van der Waals surface area contributed by atoms with E-state index < -0.39 is 5.60 Å². The number of ether oxygens (including phenoxy) is 1. The number of aliphatic hydroxyl groups is 2. The van der Waals surface area contributed by atoms with Crippen LogP contribution in [0.5, 0.6) is 0 Å². The maximum atomic E-state index is 9.40. The fraction of sp³-hybridized carbons (Fsp3) is 1.00. The van der Waals surface area contributed by atoms with Crippen molar-refractivity contribution in [3.8, 4) is 0 Å². The van der Waals surface area contributed by atoms with Gasteiger partial charge in [-0.15, -0.1) is 0 Å². The van der Waals surface area contributed by atoms with Gasteiger partial charge < -0.3 is 14.9 Å². The molecular formula is C10H22O3. The second kappa shape index (κ2) is 6.35. The van der Waals surface area contributed by atoms with Gasteiger partial charge in [-0.3, -0.25) is 0 Å². The van der Waals surface area contributed by atoms with Gasteiger partial charge in [0.2, 0.25) is 0 Å². The molecule has 0 heterocycles. The van der Waals surface area contributed by atoms with Crippen LogP contribution < -0.4 is 0 Å². The molecule has 0 amide bonds. The molecule has 0 aliphatic rings. The van der Waals surface area contributed by atoms with E-state index in [2.05, 4.69) is 13.8 Å². The Balaban J connectivity index is 3.26. The van der Waals surface area contributed by atoms with Crippen LogP contribution in [-0.2, 0) is 4.74 Å². The summed E-state index contributed by atoms with van der Waals surface area (Å²) in [6, 6.07) is 0. The van der Waals surface area contributed by atoms with Crippen LogP contribution in [0.1, 0.15) is 33.6 Å². The Bertz CT molecular complexity index is 121. The van der Waals surface area contributed by atoms with E-state index in [1.54, 1.807) is 6.92 Å². The molecule has 13 heavy (non-hydrogen) atoms. The van der Waals surface area contributed by atoms with Crippen LogP contribution in [0.25, 0.3) is 0 Å². The van der Waals surface area contributed by atoms with Gasteiger partial charge in [0.15, 0.2) is 0 Å². The minimum absolute atomic E-state index is 0.208. The Kier molecular flexibility index (Phi) is 6.29. The average molecular weight is 190 g/mol. The highest BCUT2D eigenvalue weighted by molar-refractivity contribution is 4.69. The largest absolute Gasteiger partial charge is 0.393 e. The summed E-state index contributed by atoms with van der Waals surface area (Å²) in [6.07, 6.45) is 1.53. The predicted molar refractivity (Wildman–Crippen MR) is 52.6 cm³/mol. The van der Waals surface area contributed by atoms with Crippen molar-refractivity contribution in [3.63, 3.8) is 0 Å². The van der Waals surface area contributed by atoms with Gasteiger partial charge in [0, 0.05) is 19.6 Å². The third-order valence-corrected chi connectivity index (χ3v) is 1.97. The molecule has 0 radical (unpaired) electrons. The van der Waals surface area contributed by atoms with E-state index in [0.717, 1.165) is 13.0 Å². The first kappa shape index (κ1) is 12.9. The van der Waals surface area contributed by atoms with Crippen LogP contribution in [0, 0.1) is 5.92 Å². The van der Waals surface area contributed by atoms with Crippen molar-refractivity contribution in [2.45, 2.75) is 39.2 Å². The summed E-state index contributed by atoms with van der Waals surface area (Å²) in [5.74, 6) is 0.651. The van der Waals surface area contributed by atoms with Crippen molar-refractivity contribution in [1.29, 1.82) is 0 Å². The summed E-state index contributed by atoms with van der Waals surface area (Å²) in [5.41, 5.74) is -0.988. The molecular weight excluding hydrogens is 168 g/mol. The lowest BCUT2D eigenvalue weighted by molar-refractivity contribution is -0.0273. The number of hydrogen-bond donors (Lipinski definition) is 2. The SMILES string of the molecule is CC(C)CCOCCC(C)(O)CO. The molecule has 0 saturated heterocycles. The first-order valence-electron chi connectivity index (χ1n) is 4.89. The van der Waals surface area contributed by atoms with Crippen molar-refractivity contribution < 1.29 is 14.9 Å². The van der Waals surface area contributed by atoms with Gasteiger partial charge in [-0.1, -0.05) is 13.8 Å². The molecule has 3 heteroatoms. The Hall–Kier alpha value is -0.120. The van der Waals surface area contributed by atoms with Crippen molar-refractivity contribution in [2.75, 3.05) is 19.8 Å². The summed E-state index contributed by atoms with van der Waals surface area (Å²) in [6.45, 7) is 6.94. The lowest BCUT2D eigenvalue weighted by atomic mass is 10.1. The van der Waals surface area contributed by atoms with Gasteiger partial charge in [0.1, 0.15) is 0 Å². The van der Waals surface area contributed by atoms with Crippen LogP contribution >= 0.6 is 0 Å². The quantitative estimate of drug-likeness (QED) is 0.593. The summed E-state index contributed by atoms with van der Waals surface area (Å²) in [7, 11) is 0. The zero-order valence-corrected chi connectivity index (χ0v) is 8.92. The fourth-order valence-electron chi connectivity index (χ4n) is 0.792. The summed E-state index contributed by atoms with van der Waals surface area (Å²) >= 11 is 0. The molecule has 0 aromatic heterocycles. The standard InChI is InChI=1S/C10H22O3/c1-9(2)4-6-13-7-5-10(3,12)8-11/h9,11-12H,4-8H2,1-3H3. The highest BCUT2D eigenvalue weighted by Gasteiger charge is 2.17. The molecule has 0 aliphatic carbocycles. The van der Waals surface area contributed by atoms with Crippen LogP contribution in [0.2, 0.25) is 0 Å². The molecule has 1 atom stereocenters. The Morgan fingerprint density at radius 3 is 2.38 bits per heavy atom. The molecule has 2 N–H and O–H groups in total. The van der Waals surface area contributed by atoms with Crippen molar-refractivity contribution in [2.24, 2.45) is 5.92 Å². The Morgan fingerprint density at radius 1 is 1.31 bits per heavy atom. The zero-order valence-electron chi connectivity index (χ0n) is 8.92. The highest BCUT2D eigenvalue weighted by atomic mass is 16.5. The van der Waals surface area contributed by atoms with Crippen molar-refractivity contribution in [1.82, 2.24) is 0 Å². The van der Waals surface area contributed by atoms with Gasteiger partial charge in [-0.2, -0.15) is 0 Å². The van der Waals surface area contributed by atoms with E-state index in [9.17, 15) is 5.11 Å². The molecule has 0 aromatic carbocycles. The minimum Gasteiger partial charge on any atom is -0.393 e. The molecule has 0 rings (SSSR count). The van der Waals surface area contributed by atoms with Crippen molar-refractivity contribution >= 4 is 0 Å². The normalized spacial score (nSPS) is 16.2. The lowest BCUT2D eigenvalue weighted by Crippen LogP contribution is -2.30. The van der Waals surface area contributed by atoms with Crippen LogP contribution in [0.15, 0.2) is 0 Å². The van der Waals surface area contributed by atoms with Gasteiger partial charge in [-0.25, -0.2) is 0 Å². The van der Waals surface area contributed by atoms with E-state index in [1.165, 1.54) is 0 Å². The van der Waals surface area contributed by atoms with E-state index >= 15 is 0 Å².